The van der Waals surface area contributed by atoms with Crippen molar-refractivity contribution in [3.05, 3.63) is 29.3 Å². The fraction of sp³-hybridized carbons (Fsp3) is 0.286. The number of carbonyl (C=O) groups is 2. The summed E-state index contributed by atoms with van der Waals surface area (Å²) in [4.78, 5) is 23.1. The molecule has 1 heterocycles. The first-order valence-electron chi connectivity index (χ1n) is 6.04. The Morgan fingerprint density at radius 2 is 2.40 bits per heavy atom. The summed E-state index contributed by atoms with van der Waals surface area (Å²) in [6.45, 7) is 1.68. The molecule has 6 heteroatoms. The number of amides is 2. The smallest absolute Gasteiger partial charge is 0.279 e. The van der Waals surface area contributed by atoms with Gasteiger partial charge in [0.05, 0.1) is 5.69 Å². The maximum absolute atomic E-state index is 12.0. The quantitative estimate of drug-likeness (QED) is 0.713. The number of aliphatic hydroxyl groups excluding tert-OH is 1. The number of rotatable bonds is 2. The zero-order chi connectivity index (χ0) is 14.5. The summed E-state index contributed by atoms with van der Waals surface area (Å²) < 4.78 is 0. The van der Waals surface area contributed by atoms with E-state index in [4.69, 9.17) is 5.11 Å². The number of nitrogens with one attached hydrogen (secondary N) is 2. The Bertz CT molecular complexity index is 604. The minimum absolute atomic E-state index is 0.186. The van der Waals surface area contributed by atoms with Crippen molar-refractivity contribution in [2.24, 2.45) is 0 Å². The van der Waals surface area contributed by atoms with Crippen LogP contribution in [0.5, 0.6) is 0 Å². The van der Waals surface area contributed by atoms with Crippen molar-refractivity contribution in [3.63, 3.8) is 0 Å². The maximum Gasteiger partial charge on any atom is 0.279 e. The van der Waals surface area contributed by atoms with E-state index in [1.54, 1.807) is 6.07 Å². The van der Waals surface area contributed by atoms with Crippen molar-refractivity contribution >= 4 is 28.6 Å². The second-order valence-corrected chi connectivity index (χ2v) is 5.29. The van der Waals surface area contributed by atoms with E-state index in [1.807, 2.05) is 19.1 Å². The third-order valence-electron chi connectivity index (χ3n) is 2.72. The molecule has 1 aromatic carbocycles. The summed E-state index contributed by atoms with van der Waals surface area (Å²) in [5.41, 5.74) is 2.23. The lowest BCUT2D eigenvalue weighted by Gasteiger charge is -2.12. The topological polar surface area (TPSA) is 78.4 Å². The van der Waals surface area contributed by atoms with Gasteiger partial charge in [0.15, 0.2) is 0 Å². The molecule has 0 saturated carbocycles. The van der Waals surface area contributed by atoms with Crippen LogP contribution >= 0.6 is 11.8 Å². The second kappa shape index (κ2) is 6.46. The largest absolute Gasteiger partial charge is 0.384 e. The Morgan fingerprint density at radius 1 is 1.60 bits per heavy atom. The van der Waals surface area contributed by atoms with Gasteiger partial charge in [-0.25, -0.2) is 0 Å². The molecule has 20 heavy (non-hydrogen) atoms. The van der Waals surface area contributed by atoms with Gasteiger partial charge in [0.1, 0.15) is 12.6 Å². The molecular formula is C14H14N2O3S. The molecule has 0 bridgehead atoms. The van der Waals surface area contributed by atoms with Gasteiger partial charge < -0.3 is 15.7 Å². The van der Waals surface area contributed by atoms with E-state index in [9.17, 15) is 9.59 Å². The van der Waals surface area contributed by atoms with E-state index in [1.165, 1.54) is 0 Å². The molecule has 0 aliphatic carbocycles. The molecule has 1 unspecified atom stereocenters. The van der Waals surface area contributed by atoms with Gasteiger partial charge in [-0.1, -0.05) is 29.7 Å². The lowest BCUT2D eigenvalue weighted by molar-refractivity contribution is -0.117. The van der Waals surface area contributed by atoms with Gasteiger partial charge in [-0.05, 0) is 24.6 Å². The highest BCUT2D eigenvalue weighted by molar-refractivity contribution is 8.14. The van der Waals surface area contributed by atoms with Gasteiger partial charge in [0.25, 0.3) is 5.24 Å². The number of aliphatic hydroxyl groups is 1. The summed E-state index contributed by atoms with van der Waals surface area (Å²) >= 11 is 1.09. The molecule has 0 aromatic heterocycles. The van der Waals surface area contributed by atoms with Gasteiger partial charge in [-0.2, -0.15) is 0 Å². The van der Waals surface area contributed by atoms with E-state index in [-0.39, 0.29) is 17.8 Å². The highest BCUT2D eigenvalue weighted by Crippen LogP contribution is 2.19. The lowest BCUT2D eigenvalue weighted by atomic mass is 10.1. The average Bonchev–Trinajstić information content (AvgIpc) is 2.85. The fourth-order valence-corrected chi connectivity index (χ4v) is 2.53. The van der Waals surface area contributed by atoms with Crippen molar-refractivity contribution in [1.29, 1.82) is 0 Å². The third kappa shape index (κ3) is 3.53. The molecule has 1 fully saturated rings. The van der Waals surface area contributed by atoms with Crippen LogP contribution in [0.25, 0.3) is 0 Å². The molecule has 104 valence electrons. The van der Waals surface area contributed by atoms with Gasteiger partial charge in [0, 0.05) is 11.3 Å². The van der Waals surface area contributed by atoms with Gasteiger partial charge in [0.2, 0.25) is 5.91 Å². The minimum atomic E-state index is -0.521. The molecule has 1 aliphatic heterocycles. The number of aryl methyl sites for hydroxylation is 1. The zero-order valence-electron chi connectivity index (χ0n) is 10.9. The van der Waals surface area contributed by atoms with E-state index >= 15 is 0 Å². The summed E-state index contributed by atoms with van der Waals surface area (Å²) in [5.74, 6) is 5.52. The Hall–Kier alpha value is -1.97. The van der Waals surface area contributed by atoms with E-state index < -0.39 is 6.04 Å². The number of thioether (sulfide) groups is 1. The van der Waals surface area contributed by atoms with Crippen LogP contribution in [-0.4, -0.2) is 34.7 Å². The van der Waals surface area contributed by atoms with Crippen molar-refractivity contribution in [2.45, 2.75) is 13.0 Å². The van der Waals surface area contributed by atoms with Crippen LogP contribution in [0.2, 0.25) is 0 Å². The number of benzene rings is 1. The Labute approximate surface area is 121 Å². The molecule has 2 amide bonds. The first-order chi connectivity index (χ1) is 9.60. The molecule has 1 atom stereocenters. The monoisotopic (exact) mass is 290 g/mol. The third-order valence-corrected chi connectivity index (χ3v) is 3.60. The van der Waals surface area contributed by atoms with Crippen LogP contribution in [0.4, 0.5) is 10.5 Å². The minimum Gasteiger partial charge on any atom is -0.384 e. The Kier molecular flexibility index (Phi) is 4.66. The van der Waals surface area contributed by atoms with Crippen molar-refractivity contribution in [1.82, 2.24) is 5.32 Å². The number of anilines is 1. The first-order valence-corrected chi connectivity index (χ1v) is 7.03. The van der Waals surface area contributed by atoms with Crippen molar-refractivity contribution in [3.8, 4) is 11.8 Å². The first kappa shape index (κ1) is 14.4. The van der Waals surface area contributed by atoms with Crippen molar-refractivity contribution in [2.75, 3.05) is 17.7 Å². The molecule has 0 radical (unpaired) electrons. The standard InChI is InChI=1S/C14H14N2O3S/c1-9-4-5-11(10(7-9)3-2-6-17)15-13(18)12-8-20-14(19)16-12/h4-5,7,12,17H,6,8H2,1H3,(H,15,18)(H,16,19). The maximum atomic E-state index is 12.0. The molecule has 0 spiro atoms. The average molecular weight is 290 g/mol. The second-order valence-electron chi connectivity index (χ2n) is 4.29. The SMILES string of the molecule is Cc1ccc(NC(=O)C2CSC(=O)N2)c(C#CCO)c1. The molecular weight excluding hydrogens is 276 g/mol. The highest BCUT2D eigenvalue weighted by Gasteiger charge is 2.28. The van der Waals surface area contributed by atoms with Gasteiger partial charge in [-0.15, -0.1) is 0 Å². The fourth-order valence-electron chi connectivity index (χ4n) is 1.75. The molecule has 1 saturated heterocycles. The van der Waals surface area contributed by atoms with E-state index in [2.05, 4.69) is 22.5 Å². The lowest BCUT2D eigenvalue weighted by Crippen LogP contribution is -2.38. The van der Waals surface area contributed by atoms with Gasteiger partial charge in [-0.3, -0.25) is 9.59 Å². The van der Waals surface area contributed by atoms with Crippen LogP contribution in [-0.2, 0) is 4.79 Å². The molecule has 2 rings (SSSR count). The number of carbonyl (C=O) groups excluding carboxylic acids is 2. The predicted octanol–water partition coefficient (Wildman–Crippen LogP) is 1.10. The summed E-state index contributed by atoms with van der Waals surface area (Å²) in [6.07, 6.45) is 0. The van der Waals surface area contributed by atoms with Crippen molar-refractivity contribution < 1.29 is 14.7 Å². The van der Waals surface area contributed by atoms with Crippen LogP contribution < -0.4 is 10.6 Å². The molecule has 3 N–H and O–H groups in total. The van der Waals surface area contributed by atoms with Crippen LogP contribution in [0.1, 0.15) is 11.1 Å². The normalized spacial score (nSPS) is 17.1. The summed E-state index contributed by atoms with van der Waals surface area (Å²) in [6, 6.07) is 4.94. The zero-order valence-corrected chi connectivity index (χ0v) is 11.7. The number of hydrogen-bond acceptors (Lipinski definition) is 4. The van der Waals surface area contributed by atoms with E-state index in [0.29, 0.717) is 17.0 Å². The van der Waals surface area contributed by atoms with Gasteiger partial charge >= 0.3 is 0 Å². The van der Waals surface area contributed by atoms with Crippen LogP contribution in [0.3, 0.4) is 0 Å². The molecule has 1 aromatic rings. The Balaban J connectivity index is 2.16. The Morgan fingerprint density at radius 3 is 3.05 bits per heavy atom. The van der Waals surface area contributed by atoms with Crippen LogP contribution in [0, 0.1) is 18.8 Å². The molecule has 1 aliphatic rings. The van der Waals surface area contributed by atoms with Crippen LogP contribution in [0.15, 0.2) is 18.2 Å². The summed E-state index contributed by atoms with van der Waals surface area (Å²) in [7, 11) is 0. The predicted molar refractivity (Wildman–Crippen MR) is 78.6 cm³/mol. The van der Waals surface area contributed by atoms with E-state index in [0.717, 1.165) is 17.3 Å². The molecule has 5 nitrogen and oxygen atoms in total. The highest BCUT2D eigenvalue weighted by atomic mass is 32.2. The number of hydrogen-bond donors (Lipinski definition) is 3. The summed E-state index contributed by atoms with van der Waals surface area (Å²) in [5, 5.41) is 13.9.